The summed E-state index contributed by atoms with van der Waals surface area (Å²) in [5.41, 5.74) is 2.08. The number of ether oxygens (including phenoxy) is 1. The fourth-order valence-corrected chi connectivity index (χ4v) is 4.85. The summed E-state index contributed by atoms with van der Waals surface area (Å²) in [5, 5.41) is 20.5. The Labute approximate surface area is 143 Å². The summed E-state index contributed by atoms with van der Waals surface area (Å²) in [7, 11) is 0. The van der Waals surface area contributed by atoms with E-state index in [2.05, 4.69) is 13.5 Å². The highest BCUT2D eigenvalue weighted by Crippen LogP contribution is 2.60. The van der Waals surface area contributed by atoms with Gasteiger partial charge in [0.1, 0.15) is 0 Å². The predicted octanol–water partition coefficient (Wildman–Crippen LogP) is 3.04. The second-order valence-corrected chi connectivity index (χ2v) is 7.74. The Morgan fingerprint density at radius 3 is 2.75 bits per heavy atom. The molecule has 0 aromatic heterocycles. The van der Waals surface area contributed by atoms with Crippen LogP contribution in [0.4, 0.5) is 0 Å². The van der Waals surface area contributed by atoms with E-state index in [0.29, 0.717) is 12.0 Å². The smallest absolute Gasteiger partial charge is 0.343 e. The van der Waals surface area contributed by atoms with Gasteiger partial charge in [0.2, 0.25) is 0 Å². The summed E-state index contributed by atoms with van der Waals surface area (Å²) in [6.45, 7) is 8.40. The van der Waals surface area contributed by atoms with Crippen molar-refractivity contribution >= 4 is 5.97 Å². The Kier molecular flexibility index (Phi) is 4.30. The summed E-state index contributed by atoms with van der Waals surface area (Å²) in [5.74, 6) is -0.158. The van der Waals surface area contributed by atoms with Crippen molar-refractivity contribution in [2.24, 2.45) is 16.7 Å². The van der Waals surface area contributed by atoms with E-state index in [9.17, 15) is 15.0 Å². The van der Waals surface area contributed by atoms with E-state index < -0.39 is 11.5 Å². The molecule has 1 heterocycles. The first-order chi connectivity index (χ1) is 11.3. The first-order valence-corrected chi connectivity index (χ1v) is 8.60. The van der Waals surface area contributed by atoms with Crippen LogP contribution >= 0.6 is 0 Å². The van der Waals surface area contributed by atoms with E-state index in [1.54, 1.807) is 12.2 Å². The van der Waals surface area contributed by atoms with Gasteiger partial charge >= 0.3 is 5.97 Å². The molecule has 0 spiro atoms. The third kappa shape index (κ3) is 2.49. The minimum Gasteiger partial charge on any atom is -0.431 e. The van der Waals surface area contributed by atoms with E-state index >= 15 is 0 Å². The molecule has 0 amide bonds. The first-order valence-electron chi connectivity index (χ1n) is 8.60. The van der Waals surface area contributed by atoms with Gasteiger partial charge in [0.05, 0.1) is 24.5 Å². The predicted molar refractivity (Wildman–Crippen MR) is 91.8 cm³/mol. The Morgan fingerprint density at radius 1 is 1.38 bits per heavy atom. The van der Waals surface area contributed by atoms with Crippen LogP contribution in [0.15, 0.2) is 47.8 Å². The molecule has 0 saturated heterocycles. The van der Waals surface area contributed by atoms with Crippen LogP contribution in [0.1, 0.15) is 39.5 Å². The largest absolute Gasteiger partial charge is 0.431 e. The fraction of sp³-hybridized carbons (Fsp3) is 0.550. The number of aliphatic hydroxyl groups excluding tert-OH is 2. The zero-order chi connectivity index (χ0) is 17.5. The van der Waals surface area contributed by atoms with Crippen molar-refractivity contribution in [3.8, 4) is 0 Å². The molecule has 0 aromatic carbocycles. The lowest BCUT2D eigenvalue weighted by molar-refractivity contribution is -0.132. The van der Waals surface area contributed by atoms with E-state index in [0.717, 1.165) is 30.4 Å². The number of fused-ring (bicyclic) bond motifs is 1. The fourth-order valence-electron chi connectivity index (χ4n) is 4.85. The van der Waals surface area contributed by atoms with Gasteiger partial charge in [-0.25, -0.2) is 4.79 Å². The molecular formula is C20H26O4. The van der Waals surface area contributed by atoms with Crippen molar-refractivity contribution < 1.29 is 19.7 Å². The summed E-state index contributed by atoms with van der Waals surface area (Å²) < 4.78 is 4.82. The number of carbonyl (C=O) groups excluding carboxylic acids is 1. The maximum absolute atomic E-state index is 11.6. The number of aliphatic hydroxyl groups is 2. The zero-order valence-corrected chi connectivity index (χ0v) is 14.4. The number of cyclic esters (lactones) is 1. The number of hydrogen-bond acceptors (Lipinski definition) is 4. The SMILES string of the molecule is C=C1CC[C@@H]2[C@](C)(CO)[C@H](O)CC[C@@]2(C)/C1=C/C=C1\C=COC1=O. The molecule has 0 radical (unpaired) electrons. The van der Waals surface area contributed by atoms with Gasteiger partial charge in [-0.1, -0.05) is 32.1 Å². The molecule has 0 aromatic rings. The highest BCUT2D eigenvalue weighted by atomic mass is 16.5. The lowest BCUT2D eigenvalue weighted by atomic mass is 9.48. The van der Waals surface area contributed by atoms with Crippen molar-refractivity contribution in [1.29, 1.82) is 0 Å². The van der Waals surface area contributed by atoms with E-state index in [-0.39, 0.29) is 23.9 Å². The Bertz CT molecular complexity index is 657. The van der Waals surface area contributed by atoms with Crippen molar-refractivity contribution in [3.05, 3.63) is 47.8 Å². The van der Waals surface area contributed by atoms with Crippen molar-refractivity contribution in [2.45, 2.75) is 45.6 Å². The van der Waals surface area contributed by atoms with Crippen LogP contribution in [0.25, 0.3) is 0 Å². The highest BCUT2D eigenvalue weighted by molar-refractivity contribution is 5.94. The topological polar surface area (TPSA) is 66.8 Å². The molecule has 4 nitrogen and oxygen atoms in total. The lowest BCUT2D eigenvalue weighted by Gasteiger charge is -2.57. The number of rotatable bonds is 2. The molecule has 4 atom stereocenters. The van der Waals surface area contributed by atoms with Gasteiger partial charge in [-0.15, -0.1) is 0 Å². The third-order valence-corrected chi connectivity index (χ3v) is 6.42. The van der Waals surface area contributed by atoms with Crippen molar-refractivity contribution in [3.63, 3.8) is 0 Å². The third-order valence-electron chi connectivity index (χ3n) is 6.42. The molecular weight excluding hydrogens is 304 g/mol. The summed E-state index contributed by atoms with van der Waals surface area (Å²) >= 11 is 0. The molecule has 24 heavy (non-hydrogen) atoms. The van der Waals surface area contributed by atoms with Crippen LogP contribution < -0.4 is 0 Å². The minimum absolute atomic E-state index is 0.0235. The van der Waals surface area contributed by atoms with E-state index in [1.165, 1.54) is 6.26 Å². The second-order valence-electron chi connectivity index (χ2n) is 7.74. The molecule has 0 bridgehead atoms. The van der Waals surface area contributed by atoms with Crippen LogP contribution in [0.5, 0.6) is 0 Å². The summed E-state index contributed by atoms with van der Waals surface area (Å²) in [4.78, 5) is 11.6. The van der Waals surface area contributed by atoms with Gasteiger partial charge in [-0.2, -0.15) is 0 Å². The van der Waals surface area contributed by atoms with Crippen LogP contribution in [0.3, 0.4) is 0 Å². The molecule has 2 N–H and O–H groups in total. The van der Waals surface area contributed by atoms with Gasteiger partial charge in [-0.3, -0.25) is 0 Å². The maximum Gasteiger partial charge on any atom is 0.343 e. The molecule has 3 rings (SSSR count). The van der Waals surface area contributed by atoms with Gasteiger partial charge in [0.25, 0.3) is 0 Å². The molecule has 2 saturated carbocycles. The highest BCUT2D eigenvalue weighted by Gasteiger charge is 2.55. The van der Waals surface area contributed by atoms with Gasteiger partial charge < -0.3 is 14.9 Å². The average Bonchev–Trinajstić information content (AvgIpc) is 2.96. The minimum atomic E-state index is -0.508. The van der Waals surface area contributed by atoms with Gasteiger partial charge in [0, 0.05) is 5.41 Å². The summed E-state index contributed by atoms with van der Waals surface area (Å²) in [6.07, 6.45) is 9.61. The monoisotopic (exact) mass is 330 g/mol. The van der Waals surface area contributed by atoms with Crippen molar-refractivity contribution in [1.82, 2.24) is 0 Å². The quantitative estimate of drug-likeness (QED) is 0.603. The van der Waals surface area contributed by atoms with E-state index in [1.807, 2.05) is 13.0 Å². The number of esters is 1. The standard InChI is InChI=1S/C20H26O4/c1-13-4-7-16-19(2,10-8-17(22)20(16,3)12-21)15(13)6-5-14-9-11-24-18(14)23/h5-6,9,11,16-17,21-22H,1,4,7-8,10,12H2,2-3H3/b14-5+,15-6+/t16-,17+,19-,20-/m0/s1. The Morgan fingerprint density at radius 2 is 2.12 bits per heavy atom. The first kappa shape index (κ1) is 17.2. The normalized spacial score (nSPS) is 42.5. The molecule has 4 heteroatoms. The Hall–Kier alpha value is -1.65. The molecule has 1 aliphatic heterocycles. The Balaban J connectivity index is 2.01. The molecule has 130 valence electrons. The van der Waals surface area contributed by atoms with Crippen LogP contribution in [0.2, 0.25) is 0 Å². The molecule has 3 aliphatic rings. The number of allylic oxidation sites excluding steroid dienone is 4. The van der Waals surface area contributed by atoms with Crippen LogP contribution in [-0.4, -0.2) is 28.9 Å². The van der Waals surface area contributed by atoms with Crippen LogP contribution in [0, 0.1) is 16.7 Å². The van der Waals surface area contributed by atoms with Gasteiger partial charge in [-0.05, 0) is 54.7 Å². The maximum atomic E-state index is 11.6. The number of hydrogen-bond donors (Lipinski definition) is 2. The van der Waals surface area contributed by atoms with E-state index in [4.69, 9.17) is 4.74 Å². The van der Waals surface area contributed by atoms with Crippen LogP contribution in [-0.2, 0) is 9.53 Å². The van der Waals surface area contributed by atoms with Gasteiger partial charge in [0.15, 0.2) is 0 Å². The molecule has 2 aliphatic carbocycles. The summed E-state index contributed by atoms with van der Waals surface area (Å²) in [6, 6.07) is 0. The second kappa shape index (κ2) is 6.01. The number of carbonyl (C=O) groups is 1. The zero-order valence-electron chi connectivity index (χ0n) is 14.4. The average molecular weight is 330 g/mol. The molecule has 0 unspecified atom stereocenters. The lowest BCUT2D eigenvalue weighted by Crippen LogP contribution is -2.55. The molecule has 2 fully saturated rings. The van der Waals surface area contributed by atoms with Crippen molar-refractivity contribution in [2.75, 3.05) is 6.61 Å².